The molecule has 0 aliphatic carbocycles. The van der Waals surface area contributed by atoms with Crippen LogP contribution >= 0.6 is 0 Å². The summed E-state index contributed by atoms with van der Waals surface area (Å²) >= 11 is 0. The van der Waals surface area contributed by atoms with E-state index in [-0.39, 0.29) is 6.42 Å². The van der Waals surface area contributed by atoms with E-state index in [1.165, 1.54) is 6.08 Å². The molecule has 0 saturated carbocycles. The van der Waals surface area contributed by atoms with Crippen molar-refractivity contribution in [2.45, 2.75) is 12.7 Å². The van der Waals surface area contributed by atoms with Gasteiger partial charge >= 0.3 is 5.97 Å². The molecule has 1 aromatic rings. The molecule has 4 nitrogen and oxygen atoms in total. The molecular weight excluding hydrogens is 196 g/mol. The van der Waals surface area contributed by atoms with Crippen LogP contribution in [0.25, 0.3) is 0 Å². The van der Waals surface area contributed by atoms with Gasteiger partial charge in [0.1, 0.15) is 0 Å². The van der Waals surface area contributed by atoms with Crippen LogP contribution < -0.4 is 0 Å². The molecule has 0 fully saturated rings. The van der Waals surface area contributed by atoms with Gasteiger partial charge in [-0.15, -0.1) is 6.58 Å². The minimum absolute atomic E-state index is 0.0556. The summed E-state index contributed by atoms with van der Waals surface area (Å²) < 4.78 is 0. The van der Waals surface area contributed by atoms with E-state index in [2.05, 4.69) is 6.58 Å². The van der Waals surface area contributed by atoms with Crippen molar-refractivity contribution >= 4 is 5.97 Å². The topological polar surface area (TPSA) is 77.8 Å². The highest BCUT2D eigenvalue weighted by molar-refractivity contribution is 5.68. The third-order valence-corrected chi connectivity index (χ3v) is 1.42. The van der Waals surface area contributed by atoms with Crippen LogP contribution in [-0.2, 0) is 4.79 Å². The van der Waals surface area contributed by atoms with E-state index in [1.54, 1.807) is 24.3 Å². The molecule has 0 bridgehead atoms. The third-order valence-electron chi connectivity index (χ3n) is 1.42. The number of aliphatic hydroxyl groups is 2. The van der Waals surface area contributed by atoms with Crippen molar-refractivity contribution in [1.29, 1.82) is 0 Å². The number of carboxylic acid groups (broad SMARTS) is 1. The Morgan fingerprint density at radius 3 is 2.07 bits per heavy atom. The summed E-state index contributed by atoms with van der Waals surface area (Å²) in [4.78, 5) is 9.53. The van der Waals surface area contributed by atoms with Gasteiger partial charge in [0.25, 0.3) is 0 Å². The van der Waals surface area contributed by atoms with Gasteiger partial charge in [0.2, 0.25) is 0 Å². The van der Waals surface area contributed by atoms with Gasteiger partial charge in [-0.25, -0.2) is 0 Å². The molecule has 0 unspecified atom stereocenters. The maximum atomic E-state index is 9.53. The van der Waals surface area contributed by atoms with Gasteiger partial charge in [-0.2, -0.15) is 0 Å². The van der Waals surface area contributed by atoms with Gasteiger partial charge in [-0.1, -0.05) is 36.4 Å². The fraction of sp³-hybridized carbons (Fsp3) is 0.182. The van der Waals surface area contributed by atoms with E-state index >= 15 is 0 Å². The van der Waals surface area contributed by atoms with Crippen LogP contribution in [0.15, 0.2) is 43.0 Å². The zero-order valence-electron chi connectivity index (χ0n) is 8.21. The molecule has 0 amide bonds. The number of hydrogen-bond acceptors (Lipinski definition) is 3. The van der Waals surface area contributed by atoms with Gasteiger partial charge in [0, 0.05) is 5.56 Å². The van der Waals surface area contributed by atoms with Gasteiger partial charge in [0.05, 0.1) is 6.42 Å². The van der Waals surface area contributed by atoms with Gasteiger partial charge in [-0.05, 0) is 0 Å². The number of rotatable bonds is 3. The maximum absolute atomic E-state index is 9.53. The number of carbonyl (C=O) groups is 1. The molecule has 0 spiro atoms. The molecule has 0 aliphatic rings. The lowest BCUT2D eigenvalue weighted by molar-refractivity contribution is -0.135. The Kier molecular flexibility index (Phi) is 6.88. The fourth-order valence-corrected chi connectivity index (χ4v) is 0.749. The Morgan fingerprint density at radius 1 is 1.33 bits per heavy atom. The Bertz CT molecular complexity index is 293. The lowest BCUT2D eigenvalue weighted by Gasteiger charge is -1.99. The van der Waals surface area contributed by atoms with Crippen LogP contribution in [0.2, 0.25) is 0 Å². The SMILES string of the molecule is C=CCC(=O)O.OC(O)c1ccccc1. The normalized spacial score (nSPS) is 9.00. The second-order valence-electron chi connectivity index (χ2n) is 2.67. The van der Waals surface area contributed by atoms with E-state index in [4.69, 9.17) is 15.3 Å². The van der Waals surface area contributed by atoms with E-state index in [9.17, 15) is 4.79 Å². The van der Waals surface area contributed by atoms with Crippen molar-refractivity contribution < 1.29 is 20.1 Å². The van der Waals surface area contributed by atoms with Crippen LogP contribution in [0.4, 0.5) is 0 Å². The van der Waals surface area contributed by atoms with Crippen molar-refractivity contribution in [3.63, 3.8) is 0 Å². The second-order valence-corrected chi connectivity index (χ2v) is 2.67. The highest BCUT2D eigenvalue weighted by Gasteiger charge is 1.97. The first-order chi connectivity index (χ1) is 7.07. The molecule has 82 valence electrons. The highest BCUT2D eigenvalue weighted by Crippen LogP contribution is 2.06. The molecule has 1 aromatic carbocycles. The smallest absolute Gasteiger partial charge is 0.307 e. The van der Waals surface area contributed by atoms with Crippen LogP contribution in [0.3, 0.4) is 0 Å². The summed E-state index contributed by atoms with van der Waals surface area (Å²) in [5.74, 6) is -0.829. The fourth-order valence-electron chi connectivity index (χ4n) is 0.749. The molecule has 0 saturated heterocycles. The van der Waals surface area contributed by atoms with Crippen molar-refractivity contribution in [2.75, 3.05) is 0 Å². The quantitative estimate of drug-likeness (QED) is 0.519. The predicted molar refractivity (Wildman–Crippen MR) is 56.1 cm³/mol. The number of benzene rings is 1. The summed E-state index contributed by atoms with van der Waals surface area (Å²) in [7, 11) is 0. The average Bonchev–Trinajstić information content (AvgIpc) is 2.20. The Morgan fingerprint density at radius 2 is 1.87 bits per heavy atom. The predicted octanol–water partition coefficient (Wildman–Crippen LogP) is 1.32. The molecule has 0 atom stereocenters. The van der Waals surface area contributed by atoms with Crippen LogP contribution in [0, 0.1) is 0 Å². The summed E-state index contributed by atoms with van der Waals surface area (Å²) in [6.07, 6.45) is 0.0636. The number of hydrogen-bond donors (Lipinski definition) is 3. The summed E-state index contributed by atoms with van der Waals surface area (Å²) in [6, 6.07) is 8.66. The molecular formula is C11H14O4. The van der Waals surface area contributed by atoms with Gasteiger partial charge < -0.3 is 15.3 Å². The monoisotopic (exact) mass is 210 g/mol. The lowest BCUT2D eigenvalue weighted by atomic mass is 10.2. The zero-order chi connectivity index (χ0) is 11.7. The molecule has 0 aromatic heterocycles. The van der Waals surface area contributed by atoms with Gasteiger partial charge in [0.15, 0.2) is 6.29 Å². The van der Waals surface area contributed by atoms with Gasteiger partial charge in [-0.3, -0.25) is 4.79 Å². The van der Waals surface area contributed by atoms with Crippen molar-refractivity contribution in [3.05, 3.63) is 48.6 Å². The first-order valence-electron chi connectivity index (χ1n) is 4.31. The third kappa shape index (κ3) is 7.42. The van der Waals surface area contributed by atoms with Crippen LogP contribution in [0.5, 0.6) is 0 Å². The van der Waals surface area contributed by atoms with Crippen molar-refractivity contribution in [1.82, 2.24) is 0 Å². The van der Waals surface area contributed by atoms with Crippen molar-refractivity contribution in [3.8, 4) is 0 Å². The highest BCUT2D eigenvalue weighted by atomic mass is 16.5. The van der Waals surface area contributed by atoms with Crippen LogP contribution in [0.1, 0.15) is 18.3 Å². The molecule has 0 aliphatic heterocycles. The summed E-state index contributed by atoms with van der Waals surface area (Å²) in [6.45, 7) is 3.22. The summed E-state index contributed by atoms with van der Waals surface area (Å²) in [5.41, 5.74) is 0.525. The molecule has 1 rings (SSSR count). The minimum Gasteiger partial charge on any atom is -0.481 e. The first kappa shape index (κ1) is 13.4. The first-order valence-corrected chi connectivity index (χ1v) is 4.31. The summed E-state index contributed by atoms with van der Waals surface area (Å²) in [5, 5.41) is 25.0. The standard InChI is InChI=1S/C7H8O2.C4H6O2/c8-7(9)6-4-2-1-3-5-6;1-2-3-4(5)6/h1-5,7-9H;2H,1,3H2,(H,5,6). The molecule has 0 heterocycles. The number of aliphatic hydroxyl groups excluding tert-OH is 1. The Balaban J connectivity index is 0.000000288. The number of aliphatic carboxylic acids is 1. The molecule has 15 heavy (non-hydrogen) atoms. The Hall–Kier alpha value is -1.65. The number of carboxylic acids is 1. The minimum atomic E-state index is -1.34. The van der Waals surface area contributed by atoms with Crippen molar-refractivity contribution in [2.24, 2.45) is 0 Å². The molecule has 4 heteroatoms. The second kappa shape index (κ2) is 7.73. The molecule has 3 N–H and O–H groups in total. The van der Waals surface area contributed by atoms with E-state index in [0.29, 0.717) is 5.56 Å². The Labute approximate surface area is 88.1 Å². The largest absolute Gasteiger partial charge is 0.481 e. The lowest BCUT2D eigenvalue weighted by Crippen LogP contribution is -1.92. The van der Waals surface area contributed by atoms with E-state index in [1.807, 2.05) is 6.07 Å². The average molecular weight is 210 g/mol. The maximum Gasteiger partial charge on any atom is 0.307 e. The van der Waals surface area contributed by atoms with E-state index < -0.39 is 12.3 Å². The zero-order valence-corrected chi connectivity index (χ0v) is 8.21. The van der Waals surface area contributed by atoms with E-state index in [0.717, 1.165) is 0 Å². The molecule has 0 radical (unpaired) electrons. The van der Waals surface area contributed by atoms with Crippen LogP contribution in [-0.4, -0.2) is 21.3 Å².